The third-order valence-corrected chi connectivity index (χ3v) is 14.5. The van der Waals surface area contributed by atoms with Crippen LogP contribution in [0.4, 0.5) is 17.3 Å². The first kappa shape index (κ1) is 52.0. The predicted molar refractivity (Wildman–Crippen MR) is 247 cm³/mol. The van der Waals surface area contributed by atoms with Gasteiger partial charge in [0, 0.05) is 39.5 Å². The van der Waals surface area contributed by atoms with E-state index in [4.69, 9.17) is 14.2 Å². The second-order valence-corrected chi connectivity index (χ2v) is 20.3. The van der Waals surface area contributed by atoms with Crippen molar-refractivity contribution in [3.8, 4) is 0 Å². The van der Waals surface area contributed by atoms with Crippen LogP contribution in [0.1, 0.15) is 63.8 Å². The van der Waals surface area contributed by atoms with E-state index in [-0.39, 0.29) is 42.1 Å². The van der Waals surface area contributed by atoms with Crippen LogP contribution in [0.25, 0.3) is 0 Å². The first-order chi connectivity index (χ1) is 31.4. The van der Waals surface area contributed by atoms with Crippen LogP contribution in [0.5, 0.6) is 0 Å². The molecule has 2 aliphatic heterocycles. The number of hydrogen-bond acceptors (Lipinski definition) is 14. The zero-order valence-corrected chi connectivity index (χ0v) is 42.4. The minimum Gasteiger partial charge on any atom is -0.731 e. The first-order valence-corrected chi connectivity index (χ1v) is 25.0. The van der Waals surface area contributed by atoms with E-state index >= 15 is 0 Å². The third kappa shape index (κ3) is 11.9. The smallest absolute Gasteiger partial charge is 0.731 e. The van der Waals surface area contributed by atoms with Gasteiger partial charge in [-0.2, -0.15) is 0 Å². The van der Waals surface area contributed by atoms with Gasteiger partial charge >= 0.3 is 45.8 Å². The van der Waals surface area contributed by atoms with Crippen molar-refractivity contribution < 1.29 is 78.6 Å². The van der Waals surface area contributed by atoms with Gasteiger partial charge in [0.25, 0.3) is 0 Å². The zero-order valence-electron chi connectivity index (χ0n) is 38.0. The van der Waals surface area contributed by atoms with Crippen molar-refractivity contribution in [3.05, 3.63) is 140 Å². The number of anilines is 1. The van der Waals surface area contributed by atoms with Crippen LogP contribution in [0, 0.1) is 10.1 Å². The Bertz CT molecular complexity index is 2850. The van der Waals surface area contributed by atoms with Gasteiger partial charge in [-0.05, 0) is 66.9 Å². The summed E-state index contributed by atoms with van der Waals surface area (Å²) in [6.45, 7) is 10.3. The van der Waals surface area contributed by atoms with Crippen LogP contribution in [0.15, 0.2) is 113 Å². The molecule has 1 aliphatic carbocycles. The molecule has 7 rings (SSSR count). The molecule has 4 aromatic rings. The van der Waals surface area contributed by atoms with Crippen LogP contribution in [-0.2, 0) is 58.7 Å². The largest absolute Gasteiger partial charge is 1.00 e. The van der Waals surface area contributed by atoms with E-state index in [0.717, 1.165) is 41.9 Å². The van der Waals surface area contributed by atoms with Crippen molar-refractivity contribution >= 4 is 55.4 Å². The number of nitrogens with zero attached hydrogens (tertiary/aromatic N) is 8. The molecule has 0 unspecified atom stereocenters. The molecule has 0 fully saturated rings. The molecule has 19 nitrogen and oxygen atoms in total. The Labute approximate surface area is 416 Å². The van der Waals surface area contributed by atoms with Crippen molar-refractivity contribution in [2.75, 3.05) is 49.7 Å². The summed E-state index contributed by atoms with van der Waals surface area (Å²) in [6, 6.07) is 14.0. The van der Waals surface area contributed by atoms with Crippen molar-refractivity contribution in [1.29, 1.82) is 0 Å². The number of para-hydroxylation sites is 2. The molecule has 0 radical (unpaired) electrons. The van der Waals surface area contributed by atoms with Crippen LogP contribution >= 0.6 is 11.8 Å². The van der Waals surface area contributed by atoms with Gasteiger partial charge in [0.1, 0.15) is 24.6 Å². The fraction of sp³-hybridized carbons (Fsp3) is 0.409. The van der Waals surface area contributed by atoms with Gasteiger partial charge in [0.2, 0.25) is 11.4 Å². The van der Waals surface area contributed by atoms with E-state index in [2.05, 4.69) is 15.3 Å². The van der Waals surface area contributed by atoms with E-state index < -0.39 is 36.4 Å². The summed E-state index contributed by atoms with van der Waals surface area (Å²) < 4.78 is 96.3. The molecule has 4 heterocycles. The number of aromatic nitrogens is 5. The molecule has 0 amide bonds. The number of rotatable bonds is 21. The standard InChI is InChI=1S/C44H52N8O11S3.Na/c1-43(2)35-12-5-7-14-37(35)50(65(55,56)57)39(43)18-16-32-10-9-11-33(17-19-40-44(3,4)36-13-6-8-15-38(36)51(40)66(58,59)60)41(32)64-29-28-63-27-26-62-25-24-61-23-22-49-31-34(46-47-49)30-48-21-20-45-42(48)52(53)54;/h5-8,12-21,31H,9-11,22-30H2,1-4H3,(H-,55,56,57,58,59,60);/q;+1. The van der Waals surface area contributed by atoms with E-state index in [1.807, 2.05) is 64.1 Å². The van der Waals surface area contributed by atoms with Crippen molar-refractivity contribution in [1.82, 2.24) is 24.5 Å². The van der Waals surface area contributed by atoms with Crippen molar-refractivity contribution in [2.45, 2.75) is 70.9 Å². The number of thioether (sulfide) groups is 1. The predicted octanol–water partition coefficient (Wildman–Crippen LogP) is 3.16. The fourth-order valence-corrected chi connectivity index (χ4v) is 11.4. The Kier molecular flexibility index (Phi) is 17.1. The molecule has 3 aliphatic rings. The number of fused-ring (bicyclic) bond motifs is 2. The summed E-state index contributed by atoms with van der Waals surface area (Å²) in [6.07, 6.45) is 13.9. The number of hydrogen-bond donors (Lipinski definition) is 1. The Balaban J connectivity index is 0.00000741. The number of imidazole rings is 1. The average Bonchev–Trinajstić information content (AvgIpc) is 4.02. The van der Waals surface area contributed by atoms with Crippen LogP contribution in [0.2, 0.25) is 0 Å². The maximum Gasteiger partial charge on any atom is 1.00 e. The second-order valence-electron chi connectivity index (χ2n) is 16.7. The molecule has 2 aromatic heterocycles. The molecule has 23 heteroatoms. The molecule has 0 bridgehead atoms. The van der Waals surface area contributed by atoms with Gasteiger partial charge < -0.3 is 28.9 Å². The molecule has 0 saturated carbocycles. The number of benzene rings is 2. The Hall–Kier alpha value is -4.33. The van der Waals surface area contributed by atoms with Gasteiger partial charge in [-0.15, -0.1) is 25.3 Å². The summed E-state index contributed by atoms with van der Waals surface area (Å²) in [4.78, 5) is 15.2. The van der Waals surface area contributed by atoms with Crippen molar-refractivity contribution in [3.63, 3.8) is 0 Å². The molecular weight excluding hydrogens is 936 g/mol. The normalized spacial score (nSPS) is 18.0. The zero-order chi connectivity index (χ0) is 47.3. The summed E-state index contributed by atoms with van der Waals surface area (Å²) in [5, 5.41) is 19.2. The SMILES string of the molecule is CC1(C)C(/C=C/C2=C(SCCOCCOCCOCCn3cc(Cn4ccnc4[N+](=O)[O-])nn3)C(=C/C=C3/N(S(=O)(=O)[O-])c4ccccc4C3(C)C)/CCC2)=[N+](S(=O)(=O)O)c2ccccc21.[Na+]. The summed E-state index contributed by atoms with van der Waals surface area (Å²) in [5.41, 5.74) is 3.77. The molecule has 0 spiro atoms. The van der Waals surface area contributed by atoms with E-state index in [1.165, 1.54) is 17.0 Å². The van der Waals surface area contributed by atoms with Crippen LogP contribution in [-0.4, -0.2) is 110 Å². The number of ether oxygens (including phenoxy) is 3. The van der Waals surface area contributed by atoms with Gasteiger partial charge in [0.05, 0.1) is 63.5 Å². The van der Waals surface area contributed by atoms with Gasteiger partial charge in [-0.1, -0.05) is 76.6 Å². The molecule has 2 aromatic carbocycles. The Morgan fingerprint density at radius 3 is 2.27 bits per heavy atom. The monoisotopic (exact) mass is 987 g/mol. The summed E-state index contributed by atoms with van der Waals surface area (Å²) >= 11 is 1.56. The molecular formula is C44H52N8NaO11S3+. The second kappa shape index (κ2) is 22.0. The maximum absolute atomic E-state index is 12.8. The first-order valence-electron chi connectivity index (χ1n) is 21.2. The van der Waals surface area contributed by atoms with Crippen molar-refractivity contribution in [2.24, 2.45) is 0 Å². The number of nitro groups is 1. The van der Waals surface area contributed by atoms with Gasteiger partial charge in [-0.3, -0.25) is 4.31 Å². The summed E-state index contributed by atoms with van der Waals surface area (Å²) in [7, 11) is -9.58. The third-order valence-electron chi connectivity index (χ3n) is 11.6. The molecule has 1 N–H and O–H groups in total. The van der Waals surface area contributed by atoms with Gasteiger partial charge in [0.15, 0.2) is 10.3 Å². The van der Waals surface area contributed by atoms with E-state index in [1.54, 1.807) is 59.1 Å². The van der Waals surface area contributed by atoms with Crippen LogP contribution in [0.3, 0.4) is 0 Å². The quantitative estimate of drug-likeness (QED) is 0.0315. The van der Waals surface area contributed by atoms with Gasteiger partial charge in [-0.25, -0.2) is 22.2 Å². The Morgan fingerprint density at radius 2 is 1.57 bits per heavy atom. The molecule has 0 atom stereocenters. The Morgan fingerprint density at radius 1 is 0.896 bits per heavy atom. The van der Waals surface area contributed by atoms with Crippen LogP contribution < -0.4 is 33.9 Å². The topological polar surface area (TPSA) is 237 Å². The van der Waals surface area contributed by atoms with E-state index in [9.17, 15) is 36.1 Å². The average molecular weight is 988 g/mol. The minimum atomic E-state index is -4.91. The molecule has 352 valence electrons. The fourth-order valence-electron chi connectivity index (χ4n) is 8.40. The van der Waals surface area contributed by atoms with E-state index in [0.29, 0.717) is 93.3 Å². The molecule has 67 heavy (non-hydrogen) atoms. The minimum absolute atomic E-state index is 0. The number of allylic oxidation sites excluding steroid dienone is 7. The molecule has 0 saturated heterocycles. The summed E-state index contributed by atoms with van der Waals surface area (Å²) in [5.74, 6) is 0.281. The maximum atomic E-state index is 12.8.